The summed E-state index contributed by atoms with van der Waals surface area (Å²) >= 11 is 0. The molecule has 5 heteroatoms. The fraction of sp³-hybridized carbons (Fsp3) is 0.818. The molecule has 1 N–H and O–H groups in total. The second kappa shape index (κ2) is 4.85. The van der Waals surface area contributed by atoms with E-state index < -0.39 is 10.0 Å². The fourth-order valence-electron chi connectivity index (χ4n) is 2.37. The van der Waals surface area contributed by atoms with E-state index in [0.29, 0.717) is 18.8 Å². The third kappa shape index (κ3) is 2.84. The molecule has 1 unspecified atom stereocenters. The summed E-state index contributed by atoms with van der Waals surface area (Å²) in [4.78, 5) is 0. The number of rotatable bonds is 3. The van der Waals surface area contributed by atoms with E-state index in [1.807, 2.05) is 6.92 Å². The van der Waals surface area contributed by atoms with E-state index >= 15 is 0 Å². The van der Waals surface area contributed by atoms with Crippen molar-refractivity contribution >= 4 is 10.0 Å². The maximum absolute atomic E-state index is 11.7. The van der Waals surface area contributed by atoms with Crippen LogP contribution in [0, 0.1) is 5.92 Å². The molecule has 92 valence electrons. The van der Waals surface area contributed by atoms with Gasteiger partial charge in [-0.1, -0.05) is 18.6 Å². The van der Waals surface area contributed by atoms with Gasteiger partial charge in [0.1, 0.15) is 0 Å². The van der Waals surface area contributed by atoms with Crippen molar-refractivity contribution in [3.8, 4) is 0 Å². The lowest BCUT2D eigenvalue weighted by Crippen LogP contribution is -2.28. The molecule has 0 aromatic carbocycles. The second-order valence-corrected chi connectivity index (χ2v) is 6.82. The highest BCUT2D eigenvalue weighted by Crippen LogP contribution is 2.20. The lowest BCUT2D eigenvalue weighted by atomic mass is 10.1. The van der Waals surface area contributed by atoms with E-state index in [0.717, 1.165) is 25.9 Å². The molecule has 0 radical (unpaired) electrons. The molecule has 1 saturated heterocycles. The molecule has 0 saturated carbocycles. The summed E-state index contributed by atoms with van der Waals surface area (Å²) in [5, 5.41) is 3.26. The third-order valence-corrected chi connectivity index (χ3v) is 5.35. The number of nitrogens with one attached hydrogen (secondary N) is 1. The van der Waals surface area contributed by atoms with Gasteiger partial charge in [-0.05, 0) is 25.3 Å². The van der Waals surface area contributed by atoms with Crippen LogP contribution in [-0.4, -0.2) is 44.7 Å². The highest BCUT2D eigenvalue weighted by Gasteiger charge is 2.32. The van der Waals surface area contributed by atoms with Gasteiger partial charge in [0.2, 0.25) is 10.0 Å². The van der Waals surface area contributed by atoms with E-state index in [4.69, 9.17) is 0 Å². The molecule has 2 rings (SSSR count). The summed E-state index contributed by atoms with van der Waals surface area (Å²) in [7, 11) is -2.95. The zero-order valence-corrected chi connectivity index (χ0v) is 10.6. The number of hydrogen-bond acceptors (Lipinski definition) is 3. The Morgan fingerprint density at radius 2 is 2.38 bits per heavy atom. The first-order valence-corrected chi connectivity index (χ1v) is 7.55. The lowest BCUT2D eigenvalue weighted by Gasteiger charge is -2.18. The van der Waals surface area contributed by atoms with Crippen LogP contribution in [0.25, 0.3) is 0 Å². The van der Waals surface area contributed by atoms with Crippen molar-refractivity contribution in [2.45, 2.75) is 19.8 Å². The van der Waals surface area contributed by atoms with Gasteiger partial charge >= 0.3 is 0 Å². The summed E-state index contributed by atoms with van der Waals surface area (Å²) in [5.41, 5.74) is 1.40. The van der Waals surface area contributed by atoms with Gasteiger partial charge in [0, 0.05) is 19.6 Å². The second-order valence-electron chi connectivity index (χ2n) is 4.81. The number of sulfonamides is 1. The van der Waals surface area contributed by atoms with Gasteiger partial charge in [0.05, 0.1) is 5.75 Å². The van der Waals surface area contributed by atoms with Crippen LogP contribution in [0.2, 0.25) is 0 Å². The molecule has 2 aliphatic heterocycles. The molecule has 0 bridgehead atoms. The lowest BCUT2D eigenvalue weighted by molar-refractivity contribution is 0.414. The first-order chi connectivity index (χ1) is 7.58. The van der Waals surface area contributed by atoms with E-state index in [-0.39, 0.29) is 5.92 Å². The first kappa shape index (κ1) is 12.1. The van der Waals surface area contributed by atoms with Crippen LogP contribution >= 0.6 is 0 Å². The van der Waals surface area contributed by atoms with Gasteiger partial charge < -0.3 is 5.32 Å². The first-order valence-electron chi connectivity index (χ1n) is 5.94. The largest absolute Gasteiger partial charge is 0.313 e. The standard InChI is InChI=1S/C11H20N2O2S/c1-10-8-13(16(14,15)9-10)7-4-11-2-5-12-6-3-11/h2,10,12H,3-9H2,1H3. The monoisotopic (exact) mass is 244 g/mol. The minimum absolute atomic E-state index is 0.284. The summed E-state index contributed by atoms with van der Waals surface area (Å²) < 4.78 is 25.1. The molecule has 2 heterocycles. The van der Waals surface area contributed by atoms with Crippen LogP contribution in [0.15, 0.2) is 11.6 Å². The normalized spacial score (nSPS) is 30.3. The average Bonchev–Trinajstić information content (AvgIpc) is 2.50. The van der Waals surface area contributed by atoms with E-state index in [9.17, 15) is 8.42 Å². The predicted molar refractivity (Wildman–Crippen MR) is 64.7 cm³/mol. The molecule has 16 heavy (non-hydrogen) atoms. The third-order valence-electron chi connectivity index (χ3n) is 3.24. The molecular formula is C11H20N2O2S. The van der Waals surface area contributed by atoms with Crippen LogP contribution in [0.4, 0.5) is 0 Å². The molecule has 0 aliphatic carbocycles. The molecular weight excluding hydrogens is 224 g/mol. The summed E-state index contributed by atoms with van der Waals surface area (Å²) in [6.07, 6.45) is 4.15. The summed E-state index contributed by atoms with van der Waals surface area (Å²) in [6.45, 7) is 5.32. The molecule has 1 atom stereocenters. The molecule has 2 aliphatic rings. The van der Waals surface area contributed by atoms with Gasteiger partial charge in [-0.2, -0.15) is 0 Å². The number of hydrogen-bond donors (Lipinski definition) is 1. The van der Waals surface area contributed by atoms with Gasteiger partial charge in [-0.25, -0.2) is 12.7 Å². The Bertz CT molecular complexity index is 375. The molecule has 0 spiro atoms. The summed E-state index contributed by atoms with van der Waals surface area (Å²) in [6, 6.07) is 0. The fourth-order valence-corrected chi connectivity index (χ4v) is 4.26. The Balaban J connectivity index is 1.88. The van der Waals surface area contributed by atoms with E-state index in [1.54, 1.807) is 4.31 Å². The zero-order chi connectivity index (χ0) is 11.6. The molecule has 0 amide bonds. The van der Waals surface area contributed by atoms with Gasteiger partial charge in [0.15, 0.2) is 0 Å². The van der Waals surface area contributed by atoms with Crippen molar-refractivity contribution in [1.82, 2.24) is 9.62 Å². The maximum Gasteiger partial charge on any atom is 0.214 e. The van der Waals surface area contributed by atoms with E-state index in [2.05, 4.69) is 11.4 Å². The smallest absolute Gasteiger partial charge is 0.214 e. The predicted octanol–water partition coefficient (Wildman–Crippen LogP) is 0.578. The minimum atomic E-state index is -2.95. The van der Waals surface area contributed by atoms with E-state index in [1.165, 1.54) is 5.57 Å². The maximum atomic E-state index is 11.7. The Labute approximate surface area is 97.8 Å². The number of nitrogens with zero attached hydrogens (tertiary/aromatic N) is 1. The molecule has 1 fully saturated rings. The van der Waals surface area contributed by atoms with Crippen molar-refractivity contribution in [2.24, 2.45) is 5.92 Å². The SMILES string of the molecule is CC1CN(CCC2=CCNCC2)S(=O)(=O)C1. The Morgan fingerprint density at radius 3 is 2.94 bits per heavy atom. The highest BCUT2D eigenvalue weighted by atomic mass is 32.2. The van der Waals surface area contributed by atoms with Crippen molar-refractivity contribution < 1.29 is 8.42 Å². The van der Waals surface area contributed by atoms with Crippen molar-refractivity contribution in [2.75, 3.05) is 31.9 Å². The van der Waals surface area contributed by atoms with Gasteiger partial charge in [-0.15, -0.1) is 0 Å². The van der Waals surface area contributed by atoms with Crippen LogP contribution < -0.4 is 5.32 Å². The Morgan fingerprint density at radius 1 is 1.56 bits per heavy atom. The van der Waals surface area contributed by atoms with Crippen molar-refractivity contribution in [1.29, 1.82) is 0 Å². The van der Waals surface area contributed by atoms with Gasteiger partial charge in [0.25, 0.3) is 0 Å². The van der Waals surface area contributed by atoms with Crippen LogP contribution in [-0.2, 0) is 10.0 Å². The average molecular weight is 244 g/mol. The van der Waals surface area contributed by atoms with Crippen LogP contribution in [0.3, 0.4) is 0 Å². The van der Waals surface area contributed by atoms with Crippen molar-refractivity contribution in [3.63, 3.8) is 0 Å². The molecule has 0 aromatic heterocycles. The Kier molecular flexibility index (Phi) is 3.66. The van der Waals surface area contributed by atoms with Crippen LogP contribution in [0.1, 0.15) is 19.8 Å². The van der Waals surface area contributed by atoms with Crippen molar-refractivity contribution in [3.05, 3.63) is 11.6 Å². The highest BCUT2D eigenvalue weighted by molar-refractivity contribution is 7.89. The van der Waals surface area contributed by atoms with Gasteiger partial charge in [-0.3, -0.25) is 0 Å². The molecule has 4 nitrogen and oxygen atoms in total. The van der Waals surface area contributed by atoms with Crippen LogP contribution in [0.5, 0.6) is 0 Å². The Hall–Kier alpha value is -0.390. The summed E-state index contributed by atoms with van der Waals surface area (Å²) in [5.74, 6) is 0.611. The topological polar surface area (TPSA) is 49.4 Å². The molecule has 0 aromatic rings. The minimum Gasteiger partial charge on any atom is -0.313 e. The quantitative estimate of drug-likeness (QED) is 0.739. The zero-order valence-electron chi connectivity index (χ0n) is 9.78.